The number of nitrogens with zero attached hydrogens (tertiary/aromatic N) is 2. The van der Waals surface area contributed by atoms with E-state index in [1.165, 1.54) is 11.3 Å². The van der Waals surface area contributed by atoms with Crippen molar-refractivity contribution in [3.05, 3.63) is 17.3 Å². The predicted octanol–water partition coefficient (Wildman–Crippen LogP) is 0.350. The van der Waals surface area contributed by atoms with Crippen molar-refractivity contribution in [1.82, 2.24) is 9.21 Å². The van der Waals surface area contributed by atoms with Gasteiger partial charge in [0.1, 0.15) is 4.21 Å². The molecule has 0 radical (unpaired) electrons. The molecule has 4 N–H and O–H groups in total. The lowest BCUT2D eigenvalue weighted by molar-refractivity contribution is 0.0408. The summed E-state index contributed by atoms with van der Waals surface area (Å²) in [5.41, 5.74) is 7.77. The van der Waals surface area contributed by atoms with E-state index < -0.39 is 10.0 Å². The third-order valence-corrected chi connectivity index (χ3v) is 7.52. The van der Waals surface area contributed by atoms with Gasteiger partial charge in [-0.15, -0.1) is 11.3 Å². The minimum absolute atomic E-state index is 0.201. The van der Waals surface area contributed by atoms with Gasteiger partial charge in [0.25, 0.3) is 0 Å². The molecule has 23 heavy (non-hydrogen) atoms. The van der Waals surface area contributed by atoms with Gasteiger partial charge in [-0.2, -0.15) is 0 Å². The van der Waals surface area contributed by atoms with E-state index in [0.29, 0.717) is 13.1 Å². The van der Waals surface area contributed by atoms with Crippen LogP contribution in [0.1, 0.15) is 5.56 Å². The van der Waals surface area contributed by atoms with Crippen LogP contribution in [-0.4, -0.2) is 63.6 Å². The van der Waals surface area contributed by atoms with Crippen LogP contribution in [0.3, 0.4) is 0 Å². The summed E-state index contributed by atoms with van der Waals surface area (Å²) in [5, 5.41) is 5.24. The van der Waals surface area contributed by atoms with Gasteiger partial charge in [-0.1, -0.05) is 0 Å². The van der Waals surface area contributed by atoms with Crippen LogP contribution < -0.4 is 10.9 Å². The molecule has 1 aromatic rings. The lowest BCUT2D eigenvalue weighted by Crippen LogP contribution is -2.40. The zero-order valence-electron chi connectivity index (χ0n) is 12.6. The first-order chi connectivity index (χ1) is 11.0. The molecule has 0 unspecified atom stereocenters. The Balaban J connectivity index is 1.86. The lowest BCUT2D eigenvalue weighted by atomic mass is 10.2. The summed E-state index contributed by atoms with van der Waals surface area (Å²) < 4.78 is 31.8. The maximum Gasteiger partial charge on any atom is 0.247 e. The van der Waals surface area contributed by atoms with E-state index in [1.807, 2.05) is 6.08 Å². The molecule has 0 spiro atoms. The SMILES string of the molecule is NCCN1Sc2sc(S(N)(=O)=O)cc2C=C1CN1CCOCC1. The smallest absolute Gasteiger partial charge is 0.247 e. The van der Waals surface area contributed by atoms with Crippen molar-refractivity contribution in [2.75, 3.05) is 45.9 Å². The van der Waals surface area contributed by atoms with Gasteiger partial charge in [-0.25, -0.2) is 13.6 Å². The second kappa shape index (κ2) is 7.09. The van der Waals surface area contributed by atoms with Crippen molar-refractivity contribution in [3.63, 3.8) is 0 Å². The van der Waals surface area contributed by atoms with Gasteiger partial charge in [0.05, 0.1) is 17.4 Å². The van der Waals surface area contributed by atoms with E-state index in [0.717, 1.165) is 48.3 Å². The zero-order chi connectivity index (χ0) is 16.4. The van der Waals surface area contributed by atoms with Gasteiger partial charge >= 0.3 is 0 Å². The van der Waals surface area contributed by atoms with Crippen LogP contribution in [0.15, 0.2) is 20.2 Å². The molecule has 2 aliphatic rings. The van der Waals surface area contributed by atoms with Gasteiger partial charge < -0.3 is 14.8 Å². The molecule has 1 fully saturated rings. The van der Waals surface area contributed by atoms with Crippen molar-refractivity contribution in [2.45, 2.75) is 8.42 Å². The van der Waals surface area contributed by atoms with Crippen molar-refractivity contribution in [1.29, 1.82) is 0 Å². The number of hydrogen-bond acceptors (Lipinski definition) is 8. The number of nitrogens with two attached hydrogens (primary N) is 2. The molecule has 0 aliphatic carbocycles. The largest absolute Gasteiger partial charge is 0.379 e. The molecule has 1 saturated heterocycles. The Kier molecular flexibility index (Phi) is 5.31. The second-order valence-electron chi connectivity index (χ2n) is 5.36. The molecule has 7 nitrogen and oxygen atoms in total. The quantitative estimate of drug-likeness (QED) is 0.715. The van der Waals surface area contributed by atoms with Crippen LogP contribution in [0.2, 0.25) is 0 Å². The summed E-state index contributed by atoms with van der Waals surface area (Å²) in [6.45, 7) is 5.34. The number of rotatable bonds is 5. The molecule has 3 rings (SSSR count). The fraction of sp³-hybridized carbons (Fsp3) is 0.538. The normalized spacial score (nSPS) is 19.6. The molecule has 1 aromatic heterocycles. The monoisotopic (exact) mass is 376 g/mol. The van der Waals surface area contributed by atoms with Gasteiger partial charge in [0.2, 0.25) is 10.0 Å². The highest BCUT2D eigenvalue weighted by Crippen LogP contribution is 2.42. The van der Waals surface area contributed by atoms with Gasteiger partial charge in [0.15, 0.2) is 0 Å². The molecule has 0 atom stereocenters. The van der Waals surface area contributed by atoms with Crippen LogP contribution >= 0.6 is 23.3 Å². The number of thiophene rings is 1. The van der Waals surface area contributed by atoms with Gasteiger partial charge in [-0.3, -0.25) is 4.90 Å². The summed E-state index contributed by atoms with van der Waals surface area (Å²) in [6, 6.07) is 1.65. The Labute approximate surface area is 144 Å². The zero-order valence-corrected chi connectivity index (χ0v) is 15.1. The topological polar surface area (TPSA) is 102 Å². The predicted molar refractivity (Wildman–Crippen MR) is 92.5 cm³/mol. The first-order valence-corrected chi connectivity index (χ1v) is 10.4. The Morgan fingerprint density at radius 3 is 2.70 bits per heavy atom. The fourth-order valence-corrected chi connectivity index (χ4v) is 5.81. The van der Waals surface area contributed by atoms with E-state index >= 15 is 0 Å². The third-order valence-electron chi connectivity index (χ3n) is 3.64. The van der Waals surface area contributed by atoms with E-state index in [4.69, 9.17) is 15.6 Å². The lowest BCUT2D eigenvalue weighted by Gasteiger charge is -2.34. The molecular formula is C13H20N4O3S3. The Morgan fingerprint density at radius 2 is 2.04 bits per heavy atom. The van der Waals surface area contributed by atoms with E-state index in [9.17, 15) is 8.42 Å². The first kappa shape index (κ1) is 17.2. The average molecular weight is 377 g/mol. The average Bonchev–Trinajstić information content (AvgIpc) is 2.92. The van der Waals surface area contributed by atoms with Gasteiger partial charge in [0, 0.05) is 44.0 Å². The molecule has 0 bridgehead atoms. The molecule has 2 aliphatic heterocycles. The van der Waals surface area contributed by atoms with Crippen LogP contribution in [0.25, 0.3) is 6.08 Å². The van der Waals surface area contributed by atoms with E-state index in [1.54, 1.807) is 18.0 Å². The second-order valence-corrected chi connectivity index (χ2v) is 9.49. The summed E-state index contributed by atoms with van der Waals surface area (Å²) in [7, 11) is -3.67. The molecule has 10 heteroatoms. The maximum absolute atomic E-state index is 11.6. The van der Waals surface area contributed by atoms with Crippen molar-refractivity contribution >= 4 is 39.4 Å². The standard InChI is InChI=1S/C13H20N4O3S3/c14-1-2-17-11(9-16-3-5-20-6-4-16)7-10-8-12(23(15,18)19)21-13(10)22-17/h7-8H,1-6,9,14H2,(H2,15,18,19). The minimum atomic E-state index is -3.67. The highest BCUT2D eigenvalue weighted by Gasteiger charge is 2.25. The summed E-state index contributed by atoms with van der Waals surface area (Å²) >= 11 is 2.75. The number of ether oxygens (including phenoxy) is 1. The van der Waals surface area contributed by atoms with Crippen LogP contribution in [0.5, 0.6) is 0 Å². The number of sulfonamides is 1. The maximum atomic E-state index is 11.6. The van der Waals surface area contributed by atoms with Crippen molar-refractivity contribution < 1.29 is 13.2 Å². The summed E-state index contributed by atoms with van der Waals surface area (Å²) in [5.74, 6) is 0. The first-order valence-electron chi connectivity index (χ1n) is 7.30. The Hall–Kier alpha value is -0.620. The van der Waals surface area contributed by atoms with E-state index in [-0.39, 0.29) is 4.21 Å². The van der Waals surface area contributed by atoms with E-state index in [2.05, 4.69) is 9.21 Å². The number of hydrogen-bond donors (Lipinski definition) is 2. The highest BCUT2D eigenvalue weighted by atomic mass is 32.3. The summed E-state index contributed by atoms with van der Waals surface area (Å²) in [6.07, 6.45) is 2.04. The molecular weight excluding hydrogens is 356 g/mol. The molecule has 0 aromatic carbocycles. The molecule has 0 saturated carbocycles. The number of fused-ring (bicyclic) bond motifs is 1. The van der Waals surface area contributed by atoms with Crippen LogP contribution in [0, 0.1) is 0 Å². The highest BCUT2D eigenvalue weighted by molar-refractivity contribution is 7.99. The van der Waals surface area contributed by atoms with Crippen LogP contribution in [0.4, 0.5) is 0 Å². The molecule has 128 valence electrons. The number of primary sulfonamides is 1. The Morgan fingerprint density at radius 1 is 1.30 bits per heavy atom. The van der Waals surface area contributed by atoms with Crippen LogP contribution in [-0.2, 0) is 14.8 Å². The fourth-order valence-electron chi connectivity index (χ4n) is 2.51. The van der Waals surface area contributed by atoms with Crippen molar-refractivity contribution in [2.24, 2.45) is 10.9 Å². The van der Waals surface area contributed by atoms with Crippen molar-refractivity contribution in [3.8, 4) is 0 Å². The third kappa shape index (κ3) is 4.08. The van der Waals surface area contributed by atoms with Gasteiger partial charge in [-0.05, 0) is 24.1 Å². The minimum Gasteiger partial charge on any atom is -0.379 e. The molecule has 3 heterocycles. The summed E-state index contributed by atoms with van der Waals surface area (Å²) in [4.78, 5) is 2.33. The Bertz CT molecular complexity index is 695. The molecule has 0 amide bonds. The number of morpholine rings is 1.